The van der Waals surface area contributed by atoms with Crippen molar-refractivity contribution in [3.8, 4) is 22.8 Å². The van der Waals surface area contributed by atoms with Crippen LogP contribution in [0.3, 0.4) is 0 Å². The number of aryl methyl sites for hydroxylation is 2. The number of hydrogen-bond acceptors (Lipinski definition) is 4. The summed E-state index contributed by atoms with van der Waals surface area (Å²) in [5.74, 6) is 0.820. The summed E-state index contributed by atoms with van der Waals surface area (Å²) >= 11 is 3.46. The van der Waals surface area contributed by atoms with Gasteiger partial charge in [-0.25, -0.2) is 9.67 Å². The molecule has 0 aliphatic carbocycles. The fourth-order valence-electron chi connectivity index (χ4n) is 3.24. The predicted octanol–water partition coefficient (Wildman–Crippen LogP) is 5.57. The van der Waals surface area contributed by atoms with E-state index in [1.165, 1.54) is 0 Å². The summed E-state index contributed by atoms with van der Waals surface area (Å²) in [4.78, 5) is 17.6. The third kappa shape index (κ3) is 4.36. The number of carbonyl (C=O) groups is 1. The van der Waals surface area contributed by atoms with Gasteiger partial charge in [0.2, 0.25) is 5.82 Å². The Morgan fingerprint density at radius 3 is 2.52 bits per heavy atom. The molecule has 0 aliphatic rings. The zero-order valence-electron chi connectivity index (χ0n) is 17.4. The smallest absolute Gasteiger partial charge is 0.295 e. The molecule has 0 saturated heterocycles. The monoisotopic (exact) mass is 476 g/mol. The molecule has 7 heteroatoms. The SMILES string of the molecule is COc1ccccc1NC(=O)c1nc(-c2ccc(Br)cc2)n(-c2cc(C)ccc2C)n1. The molecule has 31 heavy (non-hydrogen) atoms. The number of nitrogens with zero attached hydrogens (tertiary/aromatic N) is 3. The van der Waals surface area contributed by atoms with Crippen molar-refractivity contribution in [1.82, 2.24) is 14.8 Å². The number of benzene rings is 3. The second kappa shape index (κ2) is 8.73. The van der Waals surface area contributed by atoms with Crippen molar-refractivity contribution in [3.05, 3.63) is 88.2 Å². The summed E-state index contributed by atoms with van der Waals surface area (Å²) in [5.41, 5.74) is 4.42. The number of aromatic nitrogens is 3. The number of halogens is 1. The highest BCUT2D eigenvalue weighted by molar-refractivity contribution is 9.10. The minimum atomic E-state index is -0.410. The molecule has 0 fully saturated rings. The zero-order chi connectivity index (χ0) is 22.0. The van der Waals surface area contributed by atoms with Crippen LogP contribution in [-0.4, -0.2) is 27.8 Å². The number of anilines is 1. The molecule has 1 N–H and O–H groups in total. The van der Waals surface area contributed by atoms with Crippen LogP contribution in [0.1, 0.15) is 21.7 Å². The van der Waals surface area contributed by atoms with Crippen LogP contribution < -0.4 is 10.1 Å². The second-order valence-electron chi connectivity index (χ2n) is 7.12. The number of carbonyl (C=O) groups excluding carboxylic acids is 1. The van der Waals surface area contributed by atoms with Gasteiger partial charge in [-0.15, -0.1) is 5.10 Å². The van der Waals surface area contributed by atoms with Gasteiger partial charge in [-0.3, -0.25) is 4.79 Å². The van der Waals surface area contributed by atoms with Crippen LogP contribution in [0.2, 0.25) is 0 Å². The lowest BCUT2D eigenvalue weighted by Crippen LogP contribution is -2.15. The molecule has 0 bridgehead atoms. The molecular formula is C24H21BrN4O2. The summed E-state index contributed by atoms with van der Waals surface area (Å²) in [6, 6.07) is 21.1. The van der Waals surface area contributed by atoms with E-state index in [0.29, 0.717) is 17.3 Å². The number of ether oxygens (including phenoxy) is 1. The Balaban J connectivity index is 1.80. The van der Waals surface area contributed by atoms with Crippen LogP contribution in [0.4, 0.5) is 5.69 Å². The van der Waals surface area contributed by atoms with Crippen molar-refractivity contribution in [1.29, 1.82) is 0 Å². The topological polar surface area (TPSA) is 69.0 Å². The van der Waals surface area contributed by atoms with Crippen LogP contribution in [0, 0.1) is 13.8 Å². The number of para-hydroxylation sites is 2. The highest BCUT2D eigenvalue weighted by atomic mass is 79.9. The largest absolute Gasteiger partial charge is 0.495 e. The first kappa shape index (κ1) is 20.8. The lowest BCUT2D eigenvalue weighted by Gasteiger charge is -2.10. The van der Waals surface area contributed by atoms with Gasteiger partial charge in [0.25, 0.3) is 5.91 Å². The van der Waals surface area contributed by atoms with Crippen molar-refractivity contribution in [2.75, 3.05) is 12.4 Å². The molecule has 0 atom stereocenters. The van der Waals surface area contributed by atoms with Gasteiger partial charge in [0, 0.05) is 10.0 Å². The maximum atomic E-state index is 13.0. The van der Waals surface area contributed by atoms with Crippen LogP contribution in [0.25, 0.3) is 17.1 Å². The maximum absolute atomic E-state index is 13.0. The molecule has 0 spiro atoms. The van der Waals surface area contributed by atoms with Gasteiger partial charge < -0.3 is 10.1 Å². The number of hydrogen-bond donors (Lipinski definition) is 1. The molecule has 1 aromatic heterocycles. The highest BCUT2D eigenvalue weighted by Gasteiger charge is 2.20. The van der Waals surface area contributed by atoms with E-state index in [1.807, 2.05) is 68.4 Å². The fraction of sp³-hybridized carbons (Fsp3) is 0.125. The van der Waals surface area contributed by atoms with Gasteiger partial charge in [0.05, 0.1) is 18.5 Å². The van der Waals surface area contributed by atoms with Crippen molar-refractivity contribution < 1.29 is 9.53 Å². The van der Waals surface area contributed by atoms with Crippen molar-refractivity contribution in [2.45, 2.75) is 13.8 Å². The van der Waals surface area contributed by atoms with E-state index in [0.717, 1.165) is 26.9 Å². The lowest BCUT2D eigenvalue weighted by molar-refractivity contribution is 0.101. The van der Waals surface area contributed by atoms with Crippen LogP contribution in [0.5, 0.6) is 5.75 Å². The number of rotatable bonds is 5. The molecule has 156 valence electrons. The van der Waals surface area contributed by atoms with Gasteiger partial charge in [-0.05, 0) is 55.3 Å². The lowest BCUT2D eigenvalue weighted by atomic mass is 10.1. The Kier molecular flexibility index (Phi) is 5.86. The van der Waals surface area contributed by atoms with E-state index in [1.54, 1.807) is 23.9 Å². The van der Waals surface area contributed by atoms with Gasteiger partial charge in [0.15, 0.2) is 5.82 Å². The van der Waals surface area contributed by atoms with Crippen LogP contribution in [-0.2, 0) is 0 Å². The minimum absolute atomic E-state index is 0.0738. The Labute approximate surface area is 189 Å². The Bertz CT molecular complexity index is 1250. The minimum Gasteiger partial charge on any atom is -0.495 e. The zero-order valence-corrected chi connectivity index (χ0v) is 19.0. The maximum Gasteiger partial charge on any atom is 0.295 e. The van der Waals surface area contributed by atoms with Crippen molar-refractivity contribution in [2.24, 2.45) is 0 Å². The molecule has 0 aliphatic heterocycles. The molecule has 1 amide bonds. The number of nitrogens with one attached hydrogen (secondary N) is 1. The van der Waals surface area contributed by atoms with Crippen molar-refractivity contribution >= 4 is 27.5 Å². The van der Waals surface area contributed by atoms with E-state index < -0.39 is 5.91 Å². The van der Waals surface area contributed by atoms with Gasteiger partial charge in [-0.2, -0.15) is 0 Å². The predicted molar refractivity (Wildman–Crippen MR) is 125 cm³/mol. The molecule has 0 saturated carbocycles. The van der Waals surface area contributed by atoms with Crippen molar-refractivity contribution in [3.63, 3.8) is 0 Å². The standard InChI is InChI=1S/C24H21BrN4O2/c1-15-8-9-16(2)20(14-15)29-23(17-10-12-18(25)13-11-17)27-22(28-29)24(30)26-19-6-4-5-7-21(19)31-3/h4-14H,1-3H3,(H,26,30). The van der Waals surface area contributed by atoms with Gasteiger partial charge >= 0.3 is 0 Å². The molecule has 1 heterocycles. The molecule has 6 nitrogen and oxygen atoms in total. The molecule has 3 aromatic carbocycles. The first-order valence-electron chi connectivity index (χ1n) is 9.71. The average molecular weight is 477 g/mol. The molecular weight excluding hydrogens is 456 g/mol. The first-order valence-corrected chi connectivity index (χ1v) is 10.5. The molecule has 4 aromatic rings. The third-order valence-electron chi connectivity index (χ3n) is 4.86. The normalized spacial score (nSPS) is 10.7. The molecule has 4 rings (SSSR count). The first-order chi connectivity index (χ1) is 15.0. The summed E-state index contributed by atoms with van der Waals surface area (Å²) < 4.78 is 8.01. The average Bonchev–Trinajstić information content (AvgIpc) is 3.21. The highest BCUT2D eigenvalue weighted by Crippen LogP contribution is 2.27. The summed E-state index contributed by atoms with van der Waals surface area (Å²) in [6.07, 6.45) is 0. The van der Waals surface area contributed by atoms with Gasteiger partial charge in [0.1, 0.15) is 5.75 Å². The molecule has 0 radical (unpaired) electrons. The summed E-state index contributed by atoms with van der Waals surface area (Å²) in [6.45, 7) is 4.03. The van der Waals surface area contributed by atoms with E-state index >= 15 is 0 Å². The fourth-order valence-corrected chi connectivity index (χ4v) is 3.50. The van der Waals surface area contributed by atoms with Crippen LogP contribution in [0.15, 0.2) is 71.2 Å². The second-order valence-corrected chi connectivity index (χ2v) is 8.04. The Morgan fingerprint density at radius 2 is 1.77 bits per heavy atom. The summed E-state index contributed by atoms with van der Waals surface area (Å²) in [5, 5.41) is 7.42. The summed E-state index contributed by atoms with van der Waals surface area (Å²) in [7, 11) is 1.56. The third-order valence-corrected chi connectivity index (χ3v) is 5.39. The van der Waals surface area contributed by atoms with E-state index in [9.17, 15) is 4.79 Å². The van der Waals surface area contributed by atoms with Gasteiger partial charge in [-0.1, -0.05) is 52.3 Å². The van der Waals surface area contributed by atoms with E-state index in [4.69, 9.17) is 4.74 Å². The Hall–Kier alpha value is -3.45. The van der Waals surface area contributed by atoms with Crippen LogP contribution >= 0.6 is 15.9 Å². The number of methoxy groups -OCH3 is 1. The quantitative estimate of drug-likeness (QED) is 0.408. The number of amides is 1. The van der Waals surface area contributed by atoms with E-state index in [-0.39, 0.29) is 5.82 Å². The van der Waals surface area contributed by atoms with E-state index in [2.05, 4.69) is 31.3 Å². The molecule has 0 unspecified atom stereocenters. The Morgan fingerprint density at radius 1 is 1.03 bits per heavy atom.